The van der Waals surface area contributed by atoms with Crippen LogP contribution in [0, 0.1) is 18.8 Å². The van der Waals surface area contributed by atoms with Gasteiger partial charge in [0.2, 0.25) is 0 Å². The summed E-state index contributed by atoms with van der Waals surface area (Å²) in [6.45, 7) is 6.76. The van der Waals surface area contributed by atoms with Crippen LogP contribution in [0.4, 0.5) is 0 Å². The maximum Gasteiger partial charge on any atom is 0.118 e. The van der Waals surface area contributed by atoms with Gasteiger partial charge in [-0.2, -0.15) is 0 Å². The van der Waals surface area contributed by atoms with Gasteiger partial charge in [0.1, 0.15) is 5.75 Å². The second kappa shape index (κ2) is 7.62. The Morgan fingerprint density at radius 3 is 2.60 bits per heavy atom. The number of fused-ring (bicyclic) bond motifs is 1. The van der Waals surface area contributed by atoms with Crippen LogP contribution in [0.3, 0.4) is 0 Å². The minimum atomic E-state index is 0. The second-order valence-corrected chi connectivity index (χ2v) is 8.08. The zero-order chi connectivity index (χ0) is 16.7. The summed E-state index contributed by atoms with van der Waals surface area (Å²) in [5.74, 6) is 2.43. The number of hydrogen-bond acceptors (Lipinski definition) is 5. The fourth-order valence-corrected chi connectivity index (χ4v) is 5.28. The van der Waals surface area contributed by atoms with Crippen molar-refractivity contribution in [1.29, 1.82) is 0 Å². The maximum absolute atomic E-state index is 5.31. The van der Waals surface area contributed by atoms with E-state index in [1.165, 1.54) is 35.8 Å². The molecule has 3 atom stereocenters. The van der Waals surface area contributed by atoms with Crippen LogP contribution in [0.15, 0.2) is 29.8 Å². The SMILES string of the molecule is COc1ccc([C@H]2[C@@H]3CN(Cc4scnc4C)C[C@@H]3CN2C)cc1.Cl. The van der Waals surface area contributed by atoms with E-state index in [1.54, 1.807) is 18.4 Å². The molecule has 4 rings (SSSR count). The van der Waals surface area contributed by atoms with Crippen molar-refractivity contribution in [2.45, 2.75) is 19.5 Å². The van der Waals surface area contributed by atoms with Crippen LogP contribution < -0.4 is 4.74 Å². The van der Waals surface area contributed by atoms with Crippen molar-refractivity contribution >= 4 is 23.7 Å². The minimum Gasteiger partial charge on any atom is -0.497 e. The molecule has 0 unspecified atom stereocenters. The fourth-order valence-electron chi connectivity index (χ4n) is 4.46. The van der Waals surface area contributed by atoms with Crippen LogP contribution in [0.25, 0.3) is 0 Å². The van der Waals surface area contributed by atoms with Crippen LogP contribution in [-0.2, 0) is 6.54 Å². The molecule has 136 valence electrons. The Morgan fingerprint density at radius 1 is 1.20 bits per heavy atom. The molecule has 1 aromatic heterocycles. The van der Waals surface area contributed by atoms with Gasteiger partial charge in [-0.3, -0.25) is 9.80 Å². The molecule has 0 saturated carbocycles. The Balaban J connectivity index is 0.00000182. The Hall–Kier alpha value is -1.14. The number of likely N-dealkylation sites (tertiary alicyclic amines) is 2. The first kappa shape index (κ1) is 18.6. The summed E-state index contributed by atoms with van der Waals surface area (Å²) in [4.78, 5) is 11.0. The van der Waals surface area contributed by atoms with Gasteiger partial charge in [0.05, 0.1) is 18.3 Å². The molecule has 6 heteroatoms. The van der Waals surface area contributed by atoms with Crippen molar-refractivity contribution in [2.75, 3.05) is 33.8 Å². The van der Waals surface area contributed by atoms with E-state index in [4.69, 9.17) is 4.74 Å². The van der Waals surface area contributed by atoms with Gasteiger partial charge in [0, 0.05) is 37.1 Å². The van der Waals surface area contributed by atoms with Crippen LogP contribution in [0.5, 0.6) is 5.75 Å². The Bertz CT molecular complexity index is 705. The van der Waals surface area contributed by atoms with E-state index in [2.05, 4.69) is 53.0 Å². The first-order valence-electron chi connectivity index (χ1n) is 8.61. The molecule has 3 heterocycles. The third-order valence-electron chi connectivity index (χ3n) is 5.64. The molecule has 0 radical (unpaired) electrons. The summed E-state index contributed by atoms with van der Waals surface area (Å²) in [5.41, 5.74) is 4.58. The molecule has 1 aromatic carbocycles. The number of methoxy groups -OCH3 is 1. The predicted molar refractivity (Wildman–Crippen MR) is 105 cm³/mol. The summed E-state index contributed by atoms with van der Waals surface area (Å²) in [6.07, 6.45) is 0. The average molecular weight is 380 g/mol. The van der Waals surface area contributed by atoms with E-state index in [0.29, 0.717) is 6.04 Å². The highest BCUT2D eigenvalue weighted by molar-refractivity contribution is 7.09. The topological polar surface area (TPSA) is 28.6 Å². The van der Waals surface area contributed by atoms with Crippen molar-refractivity contribution in [2.24, 2.45) is 11.8 Å². The van der Waals surface area contributed by atoms with Crippen molar-refractivity contribution in [3.05, 3.63) is 45.9 Å². The number of benzene rings is 1. The molecule has 2 aliphatic heterocycles. The van der Waals surface area contributed by atoms with Crippen LogP contribution in [-0.4, -0.2) is 48.6 Å². The molecule has 25 heavy (non-hydrogen) atoms. The molecule has 2 aliphatic rings. The number of halogens is 1. The maximum atomic E-state index is 5.31. The van der Waals surface area contributed by atoms with Crippen molar-refractivity contribution in [3.63, 3.8) is 0 Å². The lowest BCUT2D eigenvalue weighted by Gasteiger charge is -2.27. The van der Waals surface area contributed by atoms with Gasteiger partial charge >= 0.3 is 0 Å². The third-order valence-corrected chi connectivity index (χ3v) is 6.56. The van der Waals surface area contributed by atoms with Crippen molar-refractivity contribution in [1.82, 2.24) is 14.8 Å². The summed E-state index contributed by atoms with van der Waals surface area (Å²) in [6, 6.07) is 9.17. The minimum absolute atomic E-state index is 0. The molecule has 0 bridgehead atoms. The number of thiazole rings is 1. The lowest BCUT2D eigenvalue weighted by Crippen LogP contribution is -2.28. The van der Waals surface area contributed by atoms with E-state index < -0.39 is 0 Å². The normalized spacial score (nSPS) is 26.4. The highest BCUT2D eigenvalue weighted by Gasteiger charge is 2.45. The fraction of sp³-hybridized carbons (Fsp3) is 0.526. The summed E-state index contributed by atoms with van der Waals surface area (Å²) in [5, 5.41) is 0. The number of aryl methyl sites for hydroxylation is 1. The van der Waals surface area contributed by atoms with E-state index in [9.17, 15) is 0 Å². The number of hydrogen-bond donors (Lipinski definition) is 0. The third kappa shape index (κ3) is 3.56. The predicted octanol–water partition coefficient (Wildman–Crippen LogP) is 3.62. The quantitative estimate of drug-likeness (QED) is 0.811. The lowest BCUT2D eigenvalue weighted by molar-refractivity contribution is 0.225. The number of ether oxygens (including phenoxy) is 1. The molecule has 0 spiro atoms. The Labute approximate surface area is 160 Å². The molecular weight excluding hydrogens is 354 g/mol. The Kier molecular flexibility index (Phi) is 5.68. The smallest absolute Gasteiger partial charge is 0.118 e. The number of nitrogens with zero attached hydrogens (tertiary/aromatic N) is 3. The molecular formula is C19H26ClN3OS. The zero-order valence-electron chi connectivity index (χ0n) is 15.0. The Morgan fingerprint density at radius 2 is 1.96 bits per heavy atom. The van der Waals surface area contributed by atoms with Gasteiger partial charge < -0.3 is 4.74 Å². The zero-order valence-corrected chi connectivity index (χ0v) is 16.6. The molecule has 4 nitrogen and oxygen atoms in total. The van der Waals surface area contributed by atoms with Crippen LogP contribution >= 0.6 is 23.7 Å². The monoisotopic (exact) mass is 379 g/mol. The van der Waals surface area contributed by atoms with E-state index in [0.717, 1.165) is 24.1 Å². The largest absolute Gasteiger partial charge is 0.497 e. The summed E-state index contributed by atoms with van der Waals surface area (Å²) >= 11 is 1.79. The number of aromatic nitrogens is 1. The second-order valence-electron chi connectivity index (χ2n) is 7.14. The summed E-state index contributed by atoms with van der Waals surface area (Å²) < 4.78 is 5.31. The average Bonchev–Trinajstić information content (AvgIpc) is 3.23. The van der Waals surface area contributed by atoms with Crippen LogP contribution in [0.2, 0.25) is 0 Å². The van der Waals surface area contributed by atoms with Crippen LogP contribution in [0.1, 0.15) is 22.2 Å². The van der Waals surface area contributed by atoms with Gasteiger partial charge in [-0.15, -0.1) is 23.7 Å². The van der Waals surface area contributed by atoms with Gasteiger partial charge in [-0.1, -0.05) is 12.1 Å². The highest BCUT2D eigenvalue weighted by atomic mass is 35.5. The standard InChI is InChI=1S/C19H25N3OS.ClH/c1-13-18(24-12-20-13)11-22-9-15-8-21(2)19(17(15)10-22)14-4-6-16(23-3)7-5-14;/h4-7,12,15,17,19H,8-11H2,1-3H3;1H/t15-,17+,19-;/m0./s1. The molecule has 2 fully saturated rings. The highest BCUT2D eigenvalue weighted by Crippen LogP contribution is 2.44. The first-order valence-corrected chi connectivity index (χ1v) is 9.49. The van der Waals surface area contributed by atoms with Gasteiger partial charge in [-0.25, -0.2) is 4.98 Å². The van der Waals surface area contributed by atoms with E-state index in [-0.39, 0.29) is 12.4 Å². The molecule has 0 amide bonds. The molecule has 2 saturated heterocycles. The molecule has 0 aliphatic carbocycles. The molecule has 0 N–H and O–H groups in total. The van der Waals surface area contributed by atoms with E-state index >= 15 is 0 Å². The van der Waals surface area contributed by atoms with Crippen molar-refractivity contribution < 1.29 is 4.74 Å². The van der Waals surface area contributed by atoms with Gasteiger partial charge in [-0.05, 0) is 43.5 Å². The van der Waals surface area contributed by atoms with Gasteiger partial charge in [0.15, 0.2) is 0 Å². The molecule has 2 aromatic rings. The first-order chi connectivity index (χ1) is 11.7. The number of rotatable bonds is 4. The summed E-state index contributed by atoms with van der Waals surface area (Å²) in [7, 11) is 3.99. The van der Waals surface area contributed by atoms with Crippen molar-refractivity contribution in [3.8, 4) is 5.75 Å². The lowest BCUT2D eigenvalue weighted by atomic mass is 9.89. The van der Waals surface area contributed by atoms with Gasteiger partial charge in [0.25, 0.3) is 0 Å². The van der Waals surface area contributed by atoms with E-state index in [1.807, 2.05) is 5.51 Å².